The molecule has 21 heavy (non-hydrogen) atoms. The van der Waals surface area contributed by atoms with Gasteiger partial charge in [-0.1, -0.05) is 15.9 Å². The molecule has 0 aromatic heterocycles. The molecule has 1 aromatic rings. The van der Waals surface area contributed by atoms with Gasteiger partial charge in [-0.2, -0.15) is 0 Å². The van der Waals surface area contributed by atoms with Crippen LogP contribution in [0.4, 0.5) is 0 Å². The molecule has 116 valence electrons. The van der Waals surface area contributed by atoms with Crippen LogP contribution in [0.3, 0.4) is 0 Å². The van der Waals surface area contributed by atoms with Crippen LogP contribution < -0.4 is 4.72 Å². The molecule has 1 saturated heterocycles. The molecule has 1 aliphatic rings. The zero-order chi connectivity index (χ0) is 15.8. The number of ether oxygens (including phenoxy) is 1. The first kappa shape index (κ1) is 16.9. The Morgan fingerprint density at radius 2 is 2.14 bits per heavy atom. The molecular weight excluding hydrogens is 430 g/mol. The van der Waals surface area contributed by atoms with Gasteiger partial charge in [0.1, 0.15) is 5.41 Å². The smallest absolute Gasteiger partial charge is 0.313 e. The largest absolute Gasteiger partial charge is 0.481 e. The molecule has 0 bridgehead atoms. The van der Waals surface area contributed by atoms with E-state index in [0.29, 0.717) is 4.47 Å². The lowest BCUT2D eigenvalue weighted by molar-refractivity contribution is -0.148. The van der Waals surface area contributed by atoms with Gasteiger partial charge in [-0.25, -0.2) is 13.1 Å². The van der Waals surface area contributed by atoms with E-state index in [2.05, 4.69) is 36.6 Å². The van der Waals surface area contributed by atoms with Crippen LogP contribution in [0.2, 0.25) is 0 Å². The molecule has 2 unspecified atom stereocenters. The van der Waals surface area contributed by atoms with Crippen LogP contribution in [-0.4, -0.2) is 38.7 Å². The second-order valence-electron chi connectivity index (χ2n) is 4.99. The van der Waals surface area contributed by atoms with Crippen LogP contribution in [0.15, 0.2) is 32.0 Å². The lowest BCUT2D eigenvalue weighted by Crippen LogP contribution is -2.49. The van der Waals surface area contributed by atoms with Gasteiger partial charge in [0, 0.05) is 8.95 Å². The summed E-state index contributed by atoms with van der Waals surface area (Å²) in [5, 5.41) is 9.27. The number of halogens is 2. The van der Waals surface area contributed by atoms with Gasteiger partial charge in [0.25, 0.3) is 0 Å². The number of carbonyl (C=O) groups is 1. The van der Waals surface area contributed by atoms with Crippen LogP contribution in [0.5, 0.6) is 0 Å². The highest BCUT2D eigenvalue weighted by atomic mass is 79.9. The highest BCUT2D eigenvalue weighted by Crippen LogP contribution is 2.31. The fraction of sp³-hybridized carbons (Fsp3) is 0.417. The van der Waals surface area contributed by atoms with Crippen molar-refractivity contribution in [3.63, 3.8) is 0 Å². The predicted octanol–water partition coefficient (Wildman–Crippen LogP) is 1.98. The van der Waals surface area contributed by atoms with Crippen molar-refractivity contribution in [2.75, 3.05) is 13.2 Å². The number of aliphatic carboxylic acids is 1. The summed E-state index contributed by atoms with van der Waals surface area (Å²) in [6.07, 6.45) is 0. The zero-order valence-electron chi connectivity index (χ0n) is 11.0. The molecular formula is C12H13Br2NO5S. The average molecular weight is 443 g/mol. The minimum atomic E-state index is -3.86. The van der Waals surface area contributed by atoms with Crippen LogP contribution >= 0.6 is 31.9 Å². The summed E-state index contributed by atoms with van der Waals surface area (Å²) in [6.45, 7) is 1.46. The van der Waals surface area contributed by atoms with E-state index in [1.807, 2.05) is 0 Å². The molecule has 2 atom stereocenters. The number of hydrogen-bond donors (Lipinski definition) is 2. The number of carboxylic acids is 1. The Hall–Kier alpha value is -0.480. The first-order valence-electron chi connectivity index (χ1n) is 5.95. The van der Waals surface area contributed by atoms with Crippen molar-refractivity contribution in [1.82, 2.24) is 4.72 Å². The fourth-order valence-electron chi connectivity index (χ4n) is 1.99. The quantitative estimate of drug-likeness (QED) is 0.743. The third-order valence-electron chi connectivity index (χ3n) is 3.42. The molecule has 0 radical (unpaired) electrons. The summed E-state index contributed by atoms with van der Waals surface area (Å²) in [5.41, 5.74) is -1.28. The van der Waals surface area contributed by atoms with Crippen LogP contribution in [0, 0.1) is 5.41 Å². The number of benzene rings is 1. The van der Waals surface area contributed by atoms with E-state index < -0.39 is 27.4 Å². The topological polar surface area (TPSA) is 92.7 Å². The van der Waals surface area contributed by atoms with Gasteiger partial charge >= 0.3 is 5.97 Å². The van der Waals surface area contributed by atoms with E-state index in [1.165, 1.54) is 13.0 Å². The minimum Gasteiger partial charge on any atom is -0.481 e. The highest BCUT2D eigenvalue weighted by Gasteiger charge is 2.48. The first-order chi connectivity index (χ1) is 9.67. The Labute approximate surface area is 139 Å². The van der Waals surface area contributed by atoms with Gasteiger partial charge in [-0.15, -0.1) is 0 Å². The van der Waals surface area contributed by atoms with E-state index in [9.17, 15) is 18.3 Å². The Morgan fingerprint density at radius 3 is 2.71 bits per heavy atom. The second-order valence-corrected chi connectivity index (χ2v) is 8.44. The van der Waals surface area contributed by atoms with Crippen molar-refractivity contribution in [2.45, 2.75) is 17.9 Å². The summed E-state index contributed by atoms with van der Waals surface area (Å²) in [6, 6.07) is 3.82. The van der Waals surface area contributed by atoms with E-state index in [1.54, 1.807) is 12.1 Å². The summed E-state index contributed by atoms with van der Waals surface area (Å²) in [7, 11) is -3.86. The van der Waals surface area contributed by atoms with Gasteiger partial charge in [0.05, 0.1) is 24.2 Å². The van der Waals surface area contributed by atoms with Crippen molar-refractivity contribution in [2.24, 2.45) is 5.41 Å². The van der Waals surface area contributed by atoms with E-state index >= 15 is 0 Å². The van der Waals surface area contributed by atoms with Crippen molar-refractivity contribution in [3.8, 4) is 0 Å². The molecule has 1 aliphatic heterocycles. The van der Waals surface area contributed by atoms with Crippen LogP contribution in [0.1, 0.15) is 6.92 Å². The Kier molecular flexibility index (Phi) is 4.79. The summed E-state index contributed by atoms with van der Waals surface area (Å²) >= 11 is 6.44. The van der Waals surface area contributed by atoms with Crippen molar-refractivity contribution >= 4 is 47.9 Å². The number of hydrogen-bond acceptors (Lipinski definition) is 4. The molecule has 0 spiro atoms. The van der Waals surface area contributed by atoms with E-state index in [4.69, 9.17) is 4.74 Å². The monoisotopic (exact) mass is 441 g/mol. The summed E-state index contributed by atoms with van der Waals surface area (Å²) in [4.78, 5) is 11.4. The standard InChI is InChI=1S/C12H13Br2NO5S/c1-12(11(16)17)6-20-5-10(12)15-21(18,19)9-3-2-7(13)4-8(9)14/h2-4,10,15H,5-6H2,1H3,(H,16,17). The fourth-order valence-corrected chi connectivity index (χ4v) is 5.07. The zero-order valence-corrected chi connectivity index (χ0v) is 15.0. The Bertz CT molecular complexity index is 678. The van der Waals surface area contributed by atoms with Crippen molar-refractivity contribution < 1.29 is 23.1 Å². The van der Waals surface area contributed by atoms with Gasteiger partial charge in [0.2, 0.25) is 10.0 Å². The molecule has 2 rings (SSSR count). The molecule has 0 saturated carbocycles. The number of carboxylic acid groups (broad SMARTS) is 1. The van der Waals surface area contributed by atoms with E-state index in [-0.39, 0.29) is 18.1 Å². The molecule has 9 heteroatoms. The maximum Gasteiger partial charge on any atom is 0.313 e. The SMILES string of the molecule is CC1(C(=O)O)COCC1NS(=O)(=O)c1ccc(Br)cc1Br. The first-order valence-corrected chi connectivity index (χ1v) is 9.02. The molecule has 0 aliphatic carbocycles. The number of sulfonamides is 1. The Balaban J connectivity index is 2.31. The third kappa shape index (κ3) is 3.31. The third-order valence-corrected chi connectivity index (χ3v) is 6.37. The maximum absolute atomic E-state index is 12.4. The van der Waals surface area contributed by atoms with Gasteiger partial charge in [-0.3, -0.25) is 4.79 Å². The predicted molar refractivity (Wildman–Crippen MR) is 82.5 cm³/mol. The van der Waals surface area contributed by atoms with Crippen molar-refractivity contribution in [3.05, 3.63) is 27.1 Å². The summed E-state index contributed by atoms with van der Waals surface area (Å²) in [5.74, 6) is -1.09. The molecule has 6 nitrogen and oxygen atoms in total. The lowest BCUT2D eigenvalue weighted by atomic mass is 9.86. The van der Waals surface area contributed by atoms with Gasteiger partial charge < -0.3 is 9.84 Å². The van der Waals surface area contributed by atoms with Crippen LogP contribution in [0.25, 0.3) is 0 Å². The van der Waals surface area contributed by atoms with Gasteiger partial charge in [0.15, 0.2) is 0 Å². The normalized spacial score (nSPS) is 26.0. The molecule has 1 aromatic carbocycles. The minimum absolute atomic E-state index is 0.0240. The van der Waals surface area contributed by atoms with E-state index in [0.717, 1.165) is 4.47 Å². The second kappa shape index (κ2) is 5.96. The summed E-state index contributed by atoms with van der Waals surface area (Å²) < 4.78 is 33.5. The number of nitrogens with one attached hydrogen (secondary N) is 1. The van der Waals surface area contributed by atoms with Crippen LogP contribution in [-0.2, 0) is 19.6 Å². The van der Waals surface area contributed by atoms with Crippen molar-refractivity contribution in [1.29, 1.82) is 0 Å². The maximum atomic E-state index is 12.4. The average Bonchev–Trinajstić information content (AvgIpc) is 2.71. The molecule has 0 amide bonds. The Morgan fingerprint density at radius 1 is 1.48 bits per heavy atom. The number of rotatable bonds is 4. The molecule has 1 fully saturated rings. The molecule has 1 heterocycles. The lowest BCUT2D eigenvalue weighted by Gasteiger charge is -2.25. The van der Waals surface area contributed by atoms with Gasteiger partial charge in [-0.05, 0) is 41.1 Å². The highest BCUT2D eigenvalue weighted by molar-refractivity contribution is 9.11. The molecule has 2 N–H and O–H groups in total.